The minimum absolute atomic E-state index is 0.00448. The van der Waals surface area contributed by atoms with Crippen molar-refractivity contribution in [2.45, 2.75) is 0 Å². The molecule has 0 atom stereocenters. The Hall–Kier alpha value is -2.40. The normalized spacial score (nSPS) is 12.2. The van der Waals surface area contributed by atoms with E-state index in [1.165, 1.54) is 12.1 Å². The summed E-state index contributed by atoms with van der Waals surface area (Å²) in [7, 11) is 0. The summed E-state index contributed by atoms with van der Waals surface area (Å²) in [5.74, 6) is 0.753. The van der Waals surface area contributed by atoms with Crippen LogP contribution in [0.5, 0.6) is 23.0 Å². The monoisotopic (exact) mass is 292 g/mol. The van der Waals surface area contributed by atoms with E-state index in [4.69, 9.17) is 30.9 Å². The average molecular weight is 293 g/mol. The van der Waals surface area contributed by atoms with Crippen LogP contribution in [-0.4, -0.2) is 17.9 Å². The Morgan fingerprint density at radius 1 is 1.15 bits per heavy atom. The highest BCUT2D eigenvalue weighted by atomic mass is 35.5. The predicted molar refractivity (Wildman–Crippen MR) is 71.1 cm³/mol. The first kappa shape index (κ1) is 12.6. The topological polar surface area (TPSA) is 65.0 Å². The Morgan fingerprint density at radius 2 is 1.95 bits per heavy atom. The van der Waals surface area contributed by atoms with Crippen molar-refractivity contribution in [2.24, 2.45) is 0 Å². The van der Waals surface area contributed by atoms with Crippen molar-refractivity contribution in [3.8, 4) is 23.0 Å². The molecule has 3 rings (SSSR count). The summed E-state index contributed by atoms with van der Waals surface area (Å²) in [5, 5.41) is 9.47. The maximum atomic E-state index is 11.2. The van der Waals surface area contributed by atoms with Crippen LogP contribution in [0.25, 0.3) is 0 Å². The lowest BCUT2D eigenvalue weighted by Gasteiger charge is -2.09. The summed E-state index contributed by atoms with van der Waals surface area (Å²) < 4.78 is 16.0. The summed E-state index contributed by atoms with van der Waals surface area (Å²) in [6, 6.07) is 9.43. The second kappa shape index (κ2) is 4.94. The standard InChI is InChI=1S/C14H9ClO5/c15-8-1-3-11(10(5-8)14(16)17)20-9-2-4-12-13(6-9)19-7-18-12/h1-6H,7H2,(H,16,17). The van der Waals surface area contributed by atoms with Crippen LogP contribution in [0.4, 0.5) is 0 Å². The summed E-state index contributed by atoms with van der Waals surface area (Å²) in [6.07, 6.45) is 0. The largest absolute Gasteiger partial charge is 0.478 e. The zero-order chi connectivity index (χ0) is 14.1. The molecule has 1 aliphatic rings. The fraction of sp³-hybridized carbons (Fsp3) is 0.0714. The van der Waals surface area contributed by atoms with Crippen molar-refractivity contribution in [3.63, 3.8) is 0 Å². The van der Waals surface area contributed by atoms with Gasteiger partial charge in [-0.25, -0.2) is 4.79 Å². The number of halogens is 1. The van der Waals surface area contributed by atoms with Crippen LogP contribution in [0.3, 0.4) is 0 Å². The summed E-state index contributed by atoms with van der Waals surface area (Å²) in [6.45, 7) is 0.167. The Labute approximate surface area is 119 Å². The van der Waals surface area contributed by atoms with Gasteiger partial charge in [0.25, 0.3) is 0 Å². The Kier molecular flexibility index (Phi) is 3.12. The number of rotatable bonds is 3. The molecular formula is C14H9ClO5. The van der Waals surface area contributed by atoms with Gasteiger partial charge in [0.05, 0.1) is 0 Å². The lowest BCUT2D eigenvalue weighted by molar-refractivity contribution is 0.0694. The van der Waals surface area contributed by atoms with Gasteiger partial charge in [-0.15, -0.1) is 0 Å². The third kappa shape index (κ3) is 2.35. The quantitative estimate of drug-likeness (QED) is 0.937. The van der Waals surface area contributed by atoms with Crippen LogP contribution < -0.4 is 14.2 Å². The molecule has 0 amide bonds. The molecule has 0 aliphatic carbocycles. The zero-order valence-electron chi connectivity index (χ0n) is 10.1. The number of aromatic carboxylic acids is 1. The average Bonchev–Trinajstić information content (AvgIpc) is 2.88. The van der Waals surface area contributed by atoms with Gasteiger partial charge in [0, 0.05) is 11.1 Å². The number of hydrogen-bond donors (Lipinski definition) is 1. The number of carboxylic acids is 1. The third-order valence-electron chi connectivity index (χ3n) is 2.74. The molecule has 2 aromatic rings. The second-order valence-corrected chi connectivity index (χ2v) is 4.50. The molecule has 6 heteroatoms. The lowest BCUT2D eigenvalue weighted by Crippen LogP contribution is -2.00. The first-order chi connectivity index (χ1) is 9.63. The predicted octanol–water partition coefficient (Wildman–Crippen LogP) is 3.56. The van der Waals surface area contributed by atoms with E-state index in [9.17, 15) is 4.79 Å². The van der Waals surface area contributed by atoms with Crippen LogP contribution in [-0.2, 0) is 0 Å². The zero-order valence-corrected chi connectivity index (χ0v) is 10.9. The number of carboxylic acid groups (broad SMARTS) is 1. The molecule has 0 saturated heterocycles. The van der Waals surface area contributed by atoms with Gasteiger partial charge >= 0.3 is 5.97 Å². The van der Waals surface area contributed by atoms with Crippen LogP contribution in [0.15, 0.2) is 36.4 Å². The van der Waals surface area contributed by atoms with E-state index in [1.807, 2.05) is 0 Å². The van der Waals surface area contributed by atoms with E-state index >= 15 is 0 Å². The minimum Gasteiger partial charge on any atom is -0.478 e. The van der Waals surface area contributed by atoms with Crippen LogP contribution in [0.1, 0.15) is 10.4 Å². The summed E-state index contributed by atoms with van der Waals surface area (Å²) >= 11 is 5.79. The van der Waals surface area contributed by atoms with Crippen LogP contribution >= 0.6 is 11.6 Å². The molecule has 0 radical (unpaired) electrons. The lowest BCUT2D eigenvalue weighted by atomic mass is 10.2. The first-order valence-electron chi connectivity index (χ1n) is 5.74. The van der Waals surface area contributed by atoms with Gasteiger partial charge in [-0.05, 0) is 30.3 Å². The maximum Gasteiger partial charge on any atom is 0.339 e. The molecule has 0 spiro atoms. The van der Waals surface area contributed by atoms with E-state index in [-0.39, 0.29) is 18.1 Å². The molecule has 1 N–H and O–H groups in total. The van der Waals surface area contributed by atoms with Gasteiger partial charge in [-0.2, -0.15) is 0 Å². The van der Waals surface area contributed by atoms with Crippen molar-refractivity contribution >= 4 is 17.6 Å². The Balaban J connectivity index is 1.93. The minimum atomic E-state index is -1.11. The number of hydrogen-bond acceptors (Lipinski definition) is 4. The Bertz CT molecular complexity index is 683. The summed E-state index contributed by atoms with van der Waals surface area (Å²) in [4.78, 5) is 11.2. The van der Waals surface area contributed by atoms with Gasteiger partial charge in [0.15, 0.2) is 11.5 Å². The third-order valence-corrected chi connectivity index (χ3v) is 2.98. The van der Waals surface area contributed by atoms with Crippen LogP contribution in [0.2, 0.25) is 5.02 Å². The van der Waals surface area contributed by atoms with Crippen molar-refractivity contribution < 1.29 is 24.1 Å². The van der Waals surface area contributed by atoms with E-state index < -0.39 is 5.97 Å². The van der Waals surface area contributed by atoms with Gasteiger partial charge in [0.2, 0.25) is 6.79 Å². The van der Waals surface area contributed by atoms with Gasteiger partial charge < -0.3 is 19.3 Å². The highest BCUT2D eigenvalue weighted by molar-refractivity contribution is 6.31. The molecule has 0 fully saturated rings. The molecular weight excluding hydrogens is 284 g/mol. The van der Waals surface area contributed by atoms with Crippen molar-refractivity contribution in [3.05, 3.63) is 47.0 Å². The molecule has 20 heavy (non-hydrogen) atoms. The molecule has 0 bridgehead atoms. The molecule has 1 heterocycles. The molecule has 0 aromatic heterocycles. The molecule has 2 aromatic carbocycles. The molecule has 5 nitrogen and oxygen atoms in total. The fourth-order valence-electron chi connectivity index (χ4n) is 1.83. The van der Waals surface area contributed by atoms with E-state index in [1.54, 1.807) is 24.3 Å². The SMILES string of the molecule is O=C(O)c1cc(Cl)ccc1Oc1ccc2c(c1)OCO2. The number of benzene rings is 2. The smallest absolute Gasteiger partial charge is 0.339 e. The summed E-state index contributed by atoms with van der Waals surface area (Å²) in [5.41, 5.74) is -0.00448. The molecule has 0 saturated carbocycles. The highest BCUT2D eigenvalue weighted by Crippen LogP contribution is 2.37. The molecule has 0 unspecified atom stereocenters. The number of carbonyl (C=O) groups is 1. The highest BCUT2D eigenvalue weighted by Gasteiger charge is 2.16. The number of ether oxygens (including phenoxy) is 3. The van der Waals surface area contributed by atoms with Crippen molar-refractivity contribution in [1.29, 1.82) is 0 Å². The van der Waals surface area contributed by atoms with Crippen molar-refractivity contribution in [1.82, 2.24) is 0 Å². The molecule has 102 valence electrons. The maximum absolute atomic E-state index is 11.2. The number of fused-ring (bicyclic) bond motifs is 1. The second-order valence-electron chi connectivity index (χ2n) is 4.06. The fourth-order valence-corrected chi connectivity index (χ4v) is 2.00. The van der Waals surface area contributed by atoms with Crippen molar-refractivity contribution in [2.75, 3.05) is 6.79 Å². The van der Waals surface area contributed by atoms with Gasteiger partial charge in [0.1, 0.15) is 17.1 Å². The first-order valence-corrected chi connectivity index (χ1v) is 6.11. The van der Waals surface area contributed by atoms with Crippen LogP contribution in [0, 0.1) is 0 Å². The van der Waals surface area contributed by atoms with Gasteiger partial charge in [-0.3, -0.25) is 0 Å². The Morgan fingerprint density at radius 3 is 2.75 bits per heavy atom. The van der Waals surface area contributed by atoms with Gasteiger partial charge in [-0.1, -0.05) is 11.6 Å². The van der Waals surface area contributed by atoms with E-state index in [0.29, 0.717) is 22.3 Å². The van der Waals surface area contributed by atoms with E-state index in [0.717, 1.165) is 0 Å². The molecule has 1 aliphatic heterocycles. The van der Waals surface area contributed by atoms with E-state index in [2.05, 4.69) is 0 Å².